The Bertz CT molecular complexity index is 275. The van der Waals surface area contributed by atoms with Crippen LogP contribution in [0.2, 0.25) is 0 Å². The predicted molar refractivity (Wildman–Crippen MR) is 69.4 cm³/mol. The highest BCUT2D eigenvalue weighted by Gasteiger charge is 2.21. The molecule has 1 aromatic rings. The standard InChI is InChI=1S/C14H19Br/c15-14(13-9-5-2-6-10-13)11-12-7-3-1-4-8-12/h1,3-4,7-8,13-14H,2,5-6,9-11H2. The number of hydrogen-bond acceptors (Lipinski definition) is 0. The van der Waals surface area contributed by atoms with Crippen molar-refractivity contribution in [3.63, 3.8) is 0 Å². The van der Waals surface area contributed by atoms with Crippen molar-refractivity contribution in [2.45, 2.75) is 43.4 Å². The average Bonchev–Trinajstić information content (AvgIpc) is 2.31. The van der Waals surface area contributed by atoms with Gasteiger partial charge in [-0.3, -0.25) is 0 Å². The van der Waals surface area contributed by atoms with Crippen molar-refractivity contribution in [1.29, 1.82) is 0 Å². The Balaban J connectivity index is 1.88. The Labute approximate surface area is 101 Å². The average molecular weight is 267 g/mol. The zero-order valence-corrected chi connectivity index (χ0v) is 10.7. The molecule has 2 rings (SSSR count). The molecule has 1 fully saturated rings. The van der Waals surface area contributed by atoms with E-state index in [1.54, 1.807) is 0 Å². The van der Waals surface area contributed by atoms with Gasteiger partial charge >= 0.3 is 0 Å². The number of halogens is 1. The molecule has 0 aromatic heterocycles. The van der Waals surface area contributed by atoms with Crippen LogP contribution in [0.3, 0.4) is 0 Å². The summed E-state index contributed by atoms with van der Waals surface area (Å²) in [6.07, 6.45) is 8.33. The van der Waals surface area contributed by atoms with Gasteiger partial charge in [-0.1, -0.05) is 65.5 Å². The summed E-state index contributed by atoms with van der Waals surface area (Å²) >= 11 is 3.88. The molecule has 1 aromatic carbocycles. The van der Waals surface area contributed by atoms with Crippen LogP contribution in [0.4, 0.5) is 0 Å². The van der Waals surface area contributed by atoms with E-state index in [4.69, 9.17) is 0 Å². The highest BCUT2D eigenvalue weighted by atomic mass is 79.9. The third-order valence-electron chi connectivity index (χ3n) is 3.43. The van der Waals surface area contributed by atoms with E-state index in [1.165, 1.54) is 44.1 Å². The zero-order chi connectivity index (χ0) is 10.5. The second-order valence-corrected chi connectivity index (χ2v) is 5.78. The lowest BCUT2D eigenvalue weighted by Gasteiger charge is -2.26. The molecule has 15 heavy (non-hydrogen) atoms. The first kappa shape index (κ1) is 11.2. The van der Waals surface area contributed by atoms with Crippen LogP contribution < -0.4 is 0 Å². The fraction of sp³-hybridized carbons (Fsp3) is 0.571. The third kappa shape index (κ3) is 3.34. The highest BCUT2D eigenvalue weighted by molar-refractivity contribution is 9.09. The molecule has 0 saturated heterocycles. The molecule has 0 amide bonds. The Morgan fingerprint density at radius 3 is 2.40 bits per heavy atom. The van der Waals surface area contributed by atoms with Gasteiger partial charge in [-0.15, -0.1) is 0 Å². The second kappa shape index (κ2) is 5.69. The topological polar surface area (TPSA) is 0 Å². The summed E-state index contributed by atoms with van der Waals surface area (Å²) in [5.74, 6) is 0.902. The molecule has 82 valence electrons. The molecule has 0 heterocycles. The van der Waals surface area contributed by atoms with Gasteiger partial charge in [0.05, 0.1) is 0 Å². The Morgan fingerprint density at radius 1 is 1.07 bits per heavy atom. The normalized spacial score (nSPS) is 20.1. The van der Waals surface area contributed by atoms with Crippen molar-refractivity contribution >= 4 is 15.9 Å². The first-order valence-corrected chi connectivity index (χ1v) is 6.96. The van der Waals surface area contributed by atoms with E-state index in [0.29, 0.717) is 4.83 Å². The van der Waals surface area contributed by atoms with Crippen molar-refractivity contribution in [3.8, 4) is 0 Å². The lowest BCUT2D eigenvalue weighted by atomic mass is 9.85. The van der Waals surface area contributed by atoms with Crippen LogP contribution >= 0.6 is 15.9 Å². The van der Waals surface area contributed by atoms with Crippen molar-refractivity contribution in [3.05, 3.63) is 35.9 Å². The quantitative estimate of drug-likeness (QED) is 0.703. The molecule has 0 bridgehead atoms. The van der Waals surface area contributed by atoms with Gasteiger partial charge in [0.1, 0.15) is 0 Å². The minimum Gasteiger partial charge on any atom is -0.0884 e. The molecule has 0 N–H and O–H groups in total. The maximum atomic E-state index is 3.88. The summed E-state index contributed by atoms with van der Waals surface area (Å²) in [6.45, 7) is 0. The molecule has 0 nitrogen and oxygen atoms in total. The molecular formula is C14H19Br. The van der Waals surface area contributed by atoms with Crippen LogP contribution in [0.15, 0.2) is 30.3 Å². The smallest absolute Gasteiger partial charge is 0.0214 e. The largest absolute Gasteiger partial charge is 0.0884 e. The molecule has 0 aliphatic heterocycles. The van der Waals surface area contributed by atoms with E-state index < -0.39 is 0 Å². The summed E-state index contributed by atoms with van der Waals surface area (Å²) in [5.41, 5.74) is 1.46. The Morgan fingerprint density at radius 2 is 1.73 bits per heavy atom. The van der Waals surface area contributed by atoms with E-state index in [-0.39, 0.29) is 0 Å². The fourth-order valence-electron chi connectivity index (χ4n) is 2.50. The molecular weight excluding hydrogens is 248 g/mol. The summed E-state index contributed by atoms with van der Waals surface area (Å²) in [5, 5.41) is 0. The summed E-state index contributed by atoms with van der Waals surface area (Å²) in [7, 11) is 0. The van der Waals surface area contributed by atoms with E-state index in [1.807, 2.05) is 0 Å². The lowest BCUT2D eigenvalue weighted by molar-refractivity contribution is 0.350. The summed E-state index contributed by atoms with van der Waals surface area (Å²) in [4.78, 5) is 0.681. The SMILES string of the molecule is BrC(Cc1ccccc1)C1CCCCC1. The maximum absolute atomic E-state index is 3.88. The minimum atomic E-state index is 0.681. The first-order chi connectivity index (χ1) is 7.36. The van der Waals surface area contributed by atoms with Crippen molar-refractivity contribution < 1.29 is 0 Å². The van der Waals surface area contributed by atoms with Crippen LogP contribution in [0.25, 0.3) is 0 Å². The van der Waals surface area contributed by atoms with E-state index in [2.05, 4.69) is 46.3 Å². The van der Waals surface area contributed by atoms with E-state index >= 15 is 0 Å². The van der Waals surface area contributed by atoms with Crippen LogP contribution in [0.5, 0.6) is 0 Å². The van der Waals surface area contributed by atoms with Gasteiger partial charge < -0.3 is 0 Å². The van der Waals surface area contributed by atoms with Gasteiger partial charge in [0.15, 0.2) is 0 Å². The highest BCUT2D eigenvalue weighted by Crippen LogP contribution is 2.31. The molecule has 1 aliphatic rings. The Kier molecular flexibility index (Phi) is 4.25. The summed E-state index contributed by atoms with van der Waals surface area (Å²) in [6, 6.07) is 10.8. The van der Waals surface area contributed by atoms with Crippen LogP contribution in [-0.4, -0.2) is 4.83 Å². The first-order valence-electron chi connectivity index (χ1n) is 6.04. The molecule has 1 unspecified atom stereocenters. The molecule has 1 aliphatic carbocycles. The van der Waals surface area contributed by atoms with E-state index in [9.17, 15) is 0 Å². The second-order valence-electron chi connectivity index (χ2n) is 4.60. The van der Waals surface area contributed by atoms with Gasteiger partial charge in [0.2, 0.25) is 0 Å². The van der Waals surface area contributed by atoms with Crippen LogP contribution in [0, 0.1) is 5.92 Å². The Hall–Kier alpha value is -0.300. The number of alkyl halides is 1. The molecule has 0 radical (unpaired) electrons. The van der Waals surface area contributed by atoms with Crippen molar-refractivity contribution in [1.82, 2.24) is 0 Å². The lowest BCUT2D eigenvalue weighted by Crippen LogP contribution is -2.19. The number of hydrogen-bond donors (Lipinski definition) is 0. The minimum absolute atomic E-state index is 0.681. The molecule has 0 spiro atoms. The zero-order valence-electron chi connectivity index (χ0n) is 9.16. The fourth-order valence-corrected chi connectivity index (χ4v) is 3.40. The predicted octanol–water partition coefficient (Wildman–Crippen LogP) is 4.57. The summed E-state index contributed by atoms with van der Waals surface area (Å²) < 4.78 is 0. The van der Waals surface area contributed by atoms with Crippen LogP contribution in [0.1, 0.15) is 37.7 Å². The van der Waals surface area contributed by atoms with E-state index in [0.717, 1.165) is 5.92 Å². The number of benzene rings is 1. The third-order valence-corrected chi connectivity index (χ3v) is 4.51. The molecule has 1 heteroatoms. The van der Waals surface area contributed by atoms with Gasteiger partial charge in [0, 0.05) is 4.83 Å². The number of rotatable bonds is 3. The van der Waals surface area contributed by atoms with Gasteiger partial charge in [0.25, 0.3) is 0 Å². The molecule has 1 saturated carbocycles. The van der Waals surface area contributed by atoms with Crippen molar-refractivity contribution in [2.75, 3.05) is 0 Å². The van der Waals surface area contributed by atoms with Gasteiger partial charge in [-0.2, -0.15) is 0 Å². The van der Waals surface area contributed by atoms with Crippen molar-refractivity contribution in [2.24, 2.45) is 5.92 Å². The van der Waals surface area contributed by atoms with Crippen LogP contribution in [-0.2, 0) is 6.42 Å². The molecule has 1 atom stereocenters. The monoisotopic (exact) mass is 266 g/mol. The van der Waals surface area contributed by atoms with Gasteiger partial charge in [-0.25, -0.2) is 0 Å². The maximum Gasteiger partial charge on any atom is 0.0214 e. The van der Waals surface area contributed by atoms with Gasteiger partial charge in [-0.05, 0) is 30.7 Å².